The second kappa shape index (κ2) is 9.75. The first-order valence-corrected chi connectivity index (χ1v) is 12.6. The van der Waals surface area contributed by atoms with Crippen molar-refractivity contribution in [2.24, 2.45) is 5.92 Å². The van der Waals surface area contributed by atoms with Gasteiger partial charge in [-0.05, 0) is 76.6 Å². The number of nitrogens with zero attached hydrogens (tertiary/aromatic N) is 3. The predicted octanol–water partition coefficient (Wildman–Crippen LogP) is 4.95. The Balaban J connectivity index is 1.51. The van der Waals surface area contributed by atoms with Gasteiger partial charge in [-0.2, -0.15) is 5.10 Å². The van der Waals surface area contributed by atoms with Gasteiger partial charge in [-0.3, -0.25) is 9.58 Å². The van der Waals surface area contributed by atoms with E-state index in [4.69, 9.17) is 14.6 Å². The van der Waals surface area contributed by atoms with Crippen LogP contribution in [0.2, 0.25) is 0 Å². The van der Waals surface area contributed by atoms with E-state index in [0.717, 1.165) is 73.5 Å². The average molecular weight is 453 g/mol. The minimum atomic E-state index is -0.309. The number of amides is 1. The summed E-state index contributed by atoms with van der Waals surface area (Å²) in [4.78, 5) is 14.4. The molecule has 2 aromatic rings. The number of piperidine rings is 1. The Kier molecular flexibility index (Phi) is 6.58. The lowest BCUT2D eigenvalue weighted by molar-refractivity contribution is 0.175. The van der Waals surface area contributed by atoms with Crippen molar-refractivity contribution in [3.63, 3.8) is 0 Å². The molecule has 1 N–H and O–H groups in total. The fraction of sp³-hybridized carbons (Fsp3) is 0.615. The minimum Gasteiger partial charge on any atom is -0.492 e. The maximum Gasteiger partial charge on any atom is 0.414 e. The Labute approximate surface area is 196 Å². The van der Waals surface area contributed by atoms with Crippen molar-refractivity contribution in [1.29, 1.82) is 0 Å². The van der Waals surface area contributed by atoms with Gasteiger partial charge in [0.05, 0.1) is 31.6 Å². The number of rotatable bonds is 5. The first-order chi connectivity index (χ1) is 16.2. The normalized spacial score (nSPS) is 21.8. The number of ether oxygens (including phenoxy) is 2. The smallest absolute Gasteiger partial charge is 0.414 e. The monoisotopic (exact) mass is 452 g/mol. The van der Waals surface area contributed by atoms with E-state index >= 15 is 0 Å². The zero-order chi connectivity index (χ0) is 22.8. The Bertz CT molecular complexity index is 976. The standard InChI is InChI=1S/C26H36N4O3/c1-18-7-8-23-24(30(18)26(31)32-2)10-9-22(25(23)33-17-19-5-3-4-6-19)20-15-28-29(16-20)21-11-13-27-14-12-21/h9-10,15-16,18-19,21,27H,3-8,11-14,17H2,1-2H3/t18-/m0/s1. The van der Waals surface area contributed by atoms with E-state index in [1.54, 1.807) is 4.90 Å². The molecule has 1 aromatic carbocycles. The van der Waals surface area contributed by atoms with Crippen molar-refractivity contribution in [2.75, 3.05) is 31.7 Å². The van der Waals surface area contributed by atoms with Crippen molar-refractivity contribution < 1.29 is 14.3 Å². The molecule has 5 rings (SSSR count). The van der Waals surface area contributed by atoms with Crippen molar-refractivity contribution in [3.05, 3.63) is 30.1 Å². The summed E-state index contributed by atoms with van der Waals surface area (Å²) in [6.45, 7) is 4.89. The molecular weight excluding hydrogens is 416 g/mol. The Morgan fingerprint density at radius 3 is 2.70 bits per heavy atom. The molecule has 0 unspecified atom stereocenters. The van der Waals surface area contributed by atoms with Crippen LogP contribution >= 0.6 is 0 Å². The number of anilines is 1. The summed E-state index contributed by atoms with van der Waals surface area (Å²) in [6, 6.07) is 4.69. The predicted molar refractivity (Wildman–Crippen MR) is 129 cm³/mol. The summed E-state index contributed by atoms with van der Waals surface area (Å²) in [5, 5.41) is 8.15. The van der Waals surface area contributed by atoms with E-state index < -0.39 is 0 Å². The first-order valence-electron chi connectivity index (χ1n) is 12.6. The second-order valence-electron chi connectivity index (χ2n) is 9.82. The van der Waals surface area contributed by atoms with Crippen LogP contribution in [-0.2, 0) is 11.2 Å². The highest BCUT2D eigenvalue weighted by Crippen LogP contribution is 2.44. The third kappa shape index (κ3) is 4.47. The van der Waals surface area contributed by atoms with E-state index in [-0.39, 0.29) is 12.1 Å². The van der Waals surface area contributed by atoms with Crippen molar-refractivity contribution >= 4 is 11.8 Å². The minimum absolute atomic E-state index is 0.0983. The van der Waals surface area contributed by atoms with Gasteiger partial charge in [0.2, 0.25) is 0 Å². The molecule has 0 bridgehead atoms. The third-order valence-corrected chi connectivity index (χ3v) is 7.65. The summed E-state index contributed by atoms with van der Waals surface area (Å²) in [5.41, 5.74) is 4.19. The molecule has 7 nitrogen and oxygen atoms in total. The van der Waals surface area contributed by atoms with Gasteiger partial charge >= 0.3 is 6.09 Å². The molecule has 2 fully saturated rings. The molecule has 1 atom stereocenters. The van der Waals surface area contributed by atoms with Crippen LogP contribution in [0, 0.1) is 5.92 Å². The number of methoxy groups -OCH3 is 1. The molecule has 7 heteroatoms. The van der Waals surface area contributed by atoms with E-state index in [1.165, 1.54) is 32.8 Å². The van der Waals surface area contributed by atoms with E-state index in [2.05, 4.69) is 35.3 Å². The maximum absolute atomic E-state index is 12.6. The molecule has 1 aromatic heterocycles. The van der Waals surface area contributed by atoms with Crippen LogP contribution < -0.4 is 15.0 Å². The lowest BCUT2D eigenvalue weighted by Crippen LogP contribution is -2.42. The molecule has 1 saturated carbocycles. The third-order valence-electron chi connectivity index (χ3n) is 7.65. The van der Waals surface area contributed by atoms with Crippen LogP contribution in [0.5, 0.6) is 5.75 Å². The van der Waals surface area contributed by atoms with Gasteiger partial charge in [-0.1, -0.05) is 12.8 Å². The SMILES string of the molecule is COC(=O)N1c2ccc(-c3cnn(C4CCNCC4)c3)c(OCC3CCCC3)c2CC[C@@H]1C. The highest BCUT2D eigenvalue weighted by molar-refractivity contribution is 5.92. The first kappa shape index (κ1) is 22.3. The molecule has 1 amide bonds. The van der Waals surface area contributed by atoms with Crippen LogP contribution in [0.25, 0.3) is 11.1 Å². The van der Waals surface area contributed by atoms with Crippen LogP contribution in [0.3, 0.4) is 0 Å². The van der Waals surface area contributed by atoms with Crippen molar-refractivity contribution in [2.45, 2.75) is 70.4 Å². The zero-order valence-corrected chi connectivity index (χ0v) is 19.9. The lowest BCUT2D eigenvalue weighted by Gasteiger charge is -2.35. The largest absolute Gasteiger partial charge is 0.492 e. The Morgan fingerprint density at radius 1 is 1.15 bits per heavy atom. The molecular formula is C26H36N4O3. The maximum atomic E-state index is 12.6. The summed E-state index contributed by atoms with van der Waals surface area (Å²) in [6.07, 6.45) is 12.9. The van der Waals surface area contributed by atoms with Crippen molar-refractivity contribution in [3.8, 4) is 16.9 Å². The molecule has 1 aliphatic carbocycles. The quantitative estimate of drug-likeness (QED) is 0.695. The van der Waals surface area contributed by atoms with Crippen LogP contribution in [-0.4, -0.2) is 48.7 Å². The average Bonchev–Trinajstić information content (AvgIpc) is 3.55. The fourth-order valence-corrected chi connectivity index (χ4v) is 5.70. The number of carbonyl (C=O) groups excluding carboxylic acids is 1. The molecule has 33 heavy (non-hydrogen) atoms. The number of nitrogens with one attached hydrogen (secondary N) is 1. The van der Waals surface area contributed by atoms with Gasteiger partial charge < -0.3 is 14.8 Å². The number of fused-ring (bicyclic) bond motifs is 1. The fourth-order valence-electron chi connectivity index (χ4n) is 5.70. The lowest BCUT2D eigenvalue weighted by atomic mass is 9.92. The highest BCUT2D eigenvalue weighted by atomic mass is 16.5. The summed E-state index contributed by atoms with van der Waals surface area (Å²) in [7, 11) is 1.45. The summed E-state index contributed by atoms with van der Waals surface area (Å²) < 4.78 is 13.8. The molecule has 3 aliphatic rings. The molecule has 1 saturated heterocycles. The summed E-state index contributed by atoms with van der Waals surface area (Å²) >= 11 is 0. The van der Waals surface area contributed by atoms with Gasteiger partial charge in [0.15, 0.2) is 0 Å². The van der Waals surface area contributed by atoms with Gasteiger partial charge in [0, 0.05) is 28.9 Å². The van der Waals surface area contributed by atoms with Gasteiger partial charge in [0.25, 0.3) is 0 Å². The topological polar surface area (TPSA) is 68.6 Å². The molecule has 178 valence electrons. The molecule has 0 spiro atoms. The van der Waals surface area contributed by atoms with Crippen LogP contribution in [0.15, 0.2) is 24.5 Å². The molecule has 3 heterocycles. The van der Waals surface area contributed by atoms with Gasteiger partial charge in [-0.25, -0.2) is 4.79 Å². The van der Waals surface area contributed by atoms with Crippen LogP contribution in [0.1, 0.15) is 63.5 Å². The van der Waals surface area contributed by atoms with Gasteiger partial charge in [-0.15, -0.1) is 0 Å². The summed E-state index contributed by atoms with van der Waals surface area (Å²) in [5.74, 6) is 1.54. The number of aromatic nitrogens is 2. The van der Waals surface area contributed by atoms with E-state index in [1.807, 2.05) is 6.20 Å². The zero-order valence-electron chi connectivity index (χ0n) is 19.9. The Hall–Kier alpha value is -2.54. The van der Waals surface area contributed by atoms with E-state index in [0.29, 0.717) is 12.0 Å². The number of benzene rings is 1. The Morgan fingerprint density at radius 2 is 1.94 bits per heavy atom. The number of hydrogen-bond donors (Lipinski definition) is 1. The molecule has 2 aliphatic heterocycles. The van der Waals surface area contributed by atoms with Gasteiger partial charge in [0.1, 0.15) is 5.75 Å². The number of hydrogen-bond acceptors (Lipinski definition) is 5. The number of carbonyl (C=O) groups is 1. The van der Waals surface area contributed by atoms with E-state index in [9.17, 15) is 4.79 Å². The second-order valence-corrected chi connectivity index (χ2v) is 9.82. The van der Waals surface area contributed by atoms with Crippen molar-refractivity contribution in [1.82, 2.24) is 15.1 Å². The molecule has 0 radical (unpaired) electrons. The highest BCUT2D eigenvalue weighted by Gasteiger charge is 2.32. The van der Waals surface area contributed by atoms with Crippen LogP contribution in [0.4, 0.5) is 10.5 Å².